The maximum atomic E-state index is 13.2. The number of fused-ring (bicyclic) bond motifs is 1. The van der Waals surface area contributed by atoms with Crippen LogP contribution in [0.5, 0.6) is 0 Å². The van der Waals surface area contributed by atoms with E-state index in [0.29, 0.717) is 5.52 Å². The molecule has 0 bridgehead atoms. The van der Waals surface area contributed by atoms with Gasteiger partial charge in [-0.2, -0.15) is 0 Å². The number of amides is 1. The van der Waals surface area contributed by atoms with Crippen LogP contribution in [0.3, 0.4) is 0 Å². The normalized spacial score (nSPS) is 13.8. The molecule has 0 atom stereocenters. The van der Waals surface area contributed by atoms with Crippen molar-refractivity contribution in [2.75, 3.05) is 36.8 Å². The fourth-order valence-corrected chi connectivity index (χ4v) is 8.20. The fourth-order valence-electron chi connectivity index (χ4n) is 6.21. The van der Waals surface area contributed by atoms with Gasteiger partial charge in [0.15, 0.2) is 0 Å². The van der Waals surface area contributed by atoms with Crippen LogP contribution >= 0.6 is 23.4 Å². The number of aryl methyl sites for hydroxylation is 1. The predicted molar refractivity (Wildman–Crippen MR) is 202 cm³/mol. The van der Waals surface area contributed by atoms with Gasteiger partial charge in [0.25, 0.3) is 15.9 Å². The van der Waals surface area contributed by atoms with E-state index in [1.807, 2.05) is 47.0 Å². The van der Waals surface area contributed by atoms with Crippen LogP contribution in [0.1, 0.15) is 15.9 Å². The van der Waals surface area contributed by atoms with Crippen molar-refractivity contribution in [3.8, 4) is 11.1 Å². The van der Waals surface area contributed by atoms with E-state index >= 15 is 0 Å². The SMILES string of the molecule is O=C(NS(=O)(=O)c1ccc2c(c1)ncn2CCSc1ccccc1)c1ccc(N2CCN(Cc3ccccc3-c3ccc(Cl)cc3)CC2)cc1. The number of piperazine rings is 1. The van der Waals surface area contributed by atoms with Crippen LogP contribution in [0.25, 0.3) is 22.2 Å². The Morgan fingerprint density at radius 3 is 2.30 bits per heavy atom. The summed E-state index contributed by atoms with van der Waals surface area (Å²) in [6.45, 7) is 5.04. The number of carbonyl (C=O) groups is 1. The van der Waals surface area contributed by atoms with E-state index in [2.05, 4.69) is 68.0 Å². The Bertz CT molecular complexity index is 2200. The standard InChI is InChI=1S/C39H36ClN5O3S2/c40-32-14-10-29(11-15-32)36-9-5-4-6-31(36)27-43-20-22-44(23-21-43)33-16-12-30(13-17-33)39(46)42-50(47,48)35-18-19-38-37(26-35)41-28-45(38)24-25-49-34-7-2-1-3-8-34/h1-19,26,28H,20-25,27H2,(H,42,46). The molecule has 0 saturated carbocycles. The number of benzene rings is 5. The Balaban J connectivity index is 0.931. The van der Waals surface area contributed by atoms with Crippen molar-refractivity contribution in [2.24, 2.45) is 0 Å². The van der Waals surface area contributed by atoms with Gasteiger partial charge in [0.2, 0.25) is 0 Å². The highest BCUT2D eigenvalue weighted by Gasteiger charge is 2.22. The number of aromatic nitrogens is 2. The van der Waals surface area contributed by atoms with E-state index in [-0.39, 0.29) is 10.5 Å². The second-order valence-electron chi connectivity index (χ2n) is 12.2. The van der Waals surface area contributed by atoms with Gasteiger partial charge >= 0.3 is 0 Å². The zero-order chi connectivity index (χ0) is 34.5. The first-order chi connectivity index (χ1) is 24.3. The van der Waals surface area contributed by atoms with Gasteiger partial charge in [-0.25, -0.2) is 18.1 Å². The highest BCUT2D eigenvalue weighted by Crippen LogP contribution is 2.27. The summed E-state index contributed by atoms with van der Waals surface area (Å²) in [4.78, 5) is 23.4. The average molecular weight is 722 g/mol. The van der Waals surface area contributed by atoms with Gasteiger partial charge in [0.05, 0.1) is 22.3 Å². The highest BCUT2D eigenvalue weighted by molar-refractivity contribution is 7.99. The van der Waals surface area contributed by atoms with Crippen molar-refractivity contribution in [3.63, 3.8) is 0 Å². The molecule has 0 unspecified atom stereocenters. The smallest absolute Gasteiger partial charge is 0.264 e. The van der Waals surface area contributed by atoms with Crippen molar-refractivity contribution in [2.45, 2.75) is 22.9 Å². The van der Waals surface area contributed by atoms with E-state index in [4.69, 9.17) is 11.6 Å². The minimum absolute atomic E-state index is 0.00691. The number of thioether (sulfide) groups is 1. The highest BCUT2D eigenvalue weighted by atomic mass is 35.5. The topological polar surface area (TPSA) is 87.5 Å². The summed E-state index contributed by atoms with van der Waals surface area (Å²) in [7, 11) is -4.10. The minimum Gasteiger partial charge on any atom is -0.369 e. The van der Waals surface area contributed by atoms with E-state index in [0.717, 1.165) is 66.8 Å². The van der Waals surface area contributed by atoms with Gasteiger partial charge in [-0.3, -0.25) is 9.69 Å². The molecule has 0 aliphatic carbocycles. The van der Waals surface area contributed by atoms with Gasteiger partial charge in [-0.15, -0.1) is 11.8 Å². The van der Waals surface area contributed by atoms with E-state index in [9.17, 15) is 13.2 Å². The zero-order valence-corrected chi connectivity index (χ0v) is 29.7. The first kappa shape index (κ1) is 33.9. The van der Waals surface area contributed by atoms with Gasteiger partial charge in [-0.05, 0) is 83.4 Å². The first-order valence-corrected chi connectivity index (χ1v) is 19.3. The molecule has 1 N–H and O–H groups in total. The van der Waals surface area contributed by atoms with Crippen molar-refractivity contribution in [3.05, 3.63) is 144 Å². The molecular formula is C39H36ClN5O3S2. The number of sulfonamides is 1. The van der Waals surface area contributed by atoms with Crippen LogP contribution in [-0.4, -0.2) is 60.7 Å². The molecule has 1 aliphatic heterocycles. The fraction of sp³-hybridized carbons (Fsp3) is 0.179. The van der Waals surface area contributed by atoms with Gasteiger partial charge in [-0.1, -0.05) is 66.2 Å². The largest absolute Gasteiger partial charge is 0.369 e. The molecule has 0 spiro atoms. The number of nitrogens with zero attached hydrogens (tertiary/aromatic N) is 4. The molecule has 1 saturated heterocycles. The Hall–Kier alpha value is -4.61. The van der Waals surface area contributed by atoms with Crippen molar-refractivity contribution < 1.29 is 13.2 Å². The number of anilines is 1. The molecule has 11 heteroatoms. The Morgan fingerprint density at radius 1 is 0.820 bits per heavy atom. The molecule has 0 radical (unpaired) electrons. The second-order valence-corrected chi connectivity index (χ2v) is 15.4. The molecule has 6 aromatic rings. The molecule has 1 aliphatic rings. The maximum Gasteiger partial charge on any atom is 0.264 e. The van der Waals surface area contributed by atoms with Crippen LogP contribution in [0.4, 0.5) is 5.69 Å². The van der Waals surface area contributed by atoms with E-state index in [1.54, 1.807) is 36.3 Å². The van der Waals surface area contributed by atoms with Crippen LogP contribution in [0, 0.1) is 0 Å². The minimum atomic E-state index is -4.10. The van der Waals surface area contributed by atoms with Crippen LogP contribution in [0.15, 0.2) is 137 Å². The number of carbonyl (C=O) groups excluding carboxylic acids is 1. The van der Waals surface area contributed by atoms with Crippen molar-refractivity contribution in [1.29, 1.82) is 0 Å². The monoisotopic (exact) mass is 721 g/mol. The first-order valence-electron chi connectivity index (χ1n) is 16.4. The lowest BCUT2D eigenvalue weighted by Crippen LogP contribution is -2.46. The predicted octanol–water partition coefficient (Wildman–Crippen LogP) is 7.59. The van der Waals surface area contributed by atoms with Gasteiger partial charge in [0, 0.05) is 66.2 Å². The van der Waals surface area contributed by atoms with Crippen LogP contribution < -0.4 is 9.62 Å². The number of nitrogens with one attached hydrogen (secondary N) is 1. The van der Waals surface area contributed by atoms with Gasteiger partial charge < -0.3 is 9.47 Å². The molecule has 8 nitrogen and oxygen atoms in total. The van der Waals surface area contributed by atoms with Crippen LogP contribution in [-0.2, 0) is 23.1 Å². The third-order valence-corrected chi connectivity index (χ3v) is 11.5. The molecule has 1 aromatic heterocycles. The summed E-state index contributed by atoms with van der Waals surface area (Å²) >= 11 is 7.86. The molecule has 1 fully saturated rings. The Kier molecular flexibility index (Phi) is 10.2. The molecule has 5 aromatic carbocycles. The number of rotatable bonds is 11. The van der Waals surface area contributed by atoms with E-state index < -0.39 is 15.9 Å². The maximum absolute atomic E-state index is 13.2. The summed E-state index contributed by atoms with van der Waals surface area (Å²) in [6, 6.07) is 38.5. The van der Waals surface area contributed by atoms with Crippen molar-refractivity contribution in [1.82, 2.24) is 19.2 Å². The summed E-state index contributed by atoms with van der Waals surface area (Å²) in [6.07, 6.45) is 1.72. The molecule has 50 heavy (non-hydrogen) atoms. The van der Waals surface area contributed by atoms with Crippen LogP contribution in [0.2, 0.25) is 5.02 Å². The Morgan fingerprint density at radius 2 is 1.54 bits per heavy atom. The molecular weight excluding hydrogens is 686 g/mol. The van der Waals surface area contributed by atoms with Crippen molar-refractivity contribution >= 4 is 56.0 Å². The van der Waals surface area contributed by atoms with Gasteiger partial charge in [0.1, 0.15) is 0 Å². The lowest BCUT2D eigenvalue weighted by Gasteiger charge is -2.36. The average Bonchev–Trinajstić information content (AvgIpc) is 3.55. The third kappa shape index (κ3) is 7.89. The third-order valence-electron chi connectivity index (χ3n) is 8.91. The van der Waals surface area contributed by atoms with E-state index in [1.165, 1.54) is 28.2 Å². The molecule has 7 rings (SSSR count). The zero-order valence-electron chi connectivity index (χ0n) is 27.3. The summed E-state index contributed by atoms with van der Waals surface area (Å²) in [5.41, 5.74) is 6.30. The lowest BCUT2D eigenvalue weighted by molar-refractivity contribution is 0.0981. The molecule has 2 heterocycles. The summed E-state index contributed by atoms with van der Waals surface area (Å²) in [5.74, 6) is 0.172. The molecule has 1 amide bonds. The number of imidazole rings is 1. The Labute approximate surface area is 301 Å². The molecule has 254 valence electrons. The quantitative estimate of drug-likeness (QED) is 0.138. The lowest BCUT2D eigenvalue weighted by atomic mass is 9.99. The number of hydrogen-bond acceptors (Lipinski definition) is 7. The second kappa shape index (κ2) is 15.1. The summed E-state index contributed by atoms with van der Waals surface area (Å²) in [5, 5.41) is 0.726. The number of halogens is 1. The summed E-state index contributed by atoms with van der Waals surface area (Å²) < 4.78 is 30.6. The number of hydrogen-bond donors (Lipinski definition) is 1.